The SMILES string of the molecule is CCCN(CC(=O)O)C(=O)CNC(=O)CC1CCCC1. The Kier molecular flexibility index (Phi) is 7.04. The highest BCUT2D eigenvalue weighted by Crippen LogP contribution is 2.27. The van der Waals surface area contributed by atoms with Crippen LogP contribution in [0.3, 0.4) is 0 Å². The largest absolute Gasteiger partial charge is 0.480 e. The lowest BCUT2D eigenvalue weighted by atomic mass is 10.0. The number of amides is 2. The van der Waals surface area contributed by atoms with E-state index in [2.05, 4.69) is 5.32 Å². The number of nitrogens with zero attached hydrogens (tertiary/aromatic N) is 1. The van der Waals surface area contributed by atoms with E-state index in [4.69, 9.17) is 5.11 Å². The van der Waals surface area contributed by atoms with E-state index in [1.54, 1.807) is 0 Å². The molecule has 6 nitrogen and oxygen atoms in total. The molecule has 0 heterocycles. The van der Waals surface area contributed by atoms with Gasteiger partial charge in [0.15, 0.2) is 0 Å². The van der Waals surface area contributed by atoms with Crippen LogP contribution in [0.15, 0.2) is 0 Å². The molecule has 1 aliphatic carbocycles. The number of rotatable bonds is 8. The van der Waals surface area contributed by atoms with Gasteiger partial charge in [0, 0.05) is 13.0 Å². The fourth-order valence-electron chi connectivity index (χ4n) is 2.56. The summed E-state index contributed by atoms with van der Waals surface area (Å²) in [7, 11) is 0. The molecule has 2 N–H and O–H groups in total. The molecule has 20 heavy (non-hydrogen) atoms. The first-order valence-corrected chi connectivity index (χ1v) is 7.29. The van der Waals surface area contributed by atoms with Crippen molar-refractivity contribution in [3.05, 3.63) is 0 Å². The number of carbonyl (C=O) groups is 3. The monoisotopic (exact) mass is 284 g/mol. The fourth-order valence-corrected chi connectivity index (χ4v) is 2.56. The van der Waals surface area contributed by atoms with Gasteiger partial charge in [0.2, 0.25) is 11.8 Å². The number of carboxylic acid groups (broad SMARTS) is 1. The summed E-state index contributed by atoms with van der Waals surface area (Å²) in [6.07, 6.45) is 5.69. The molecule has 0 unspecified atom stereocenters. The van der Waals surface area contributed by atoms with Crippen LogP contribution < -0.4 is 5.32 Å². The number of carboxylic acids is 1. The summed E-state index contributed by atoms with van der Waals surface area (Å²) in [4.78, 5) is 35.5. The van der Waals surface area contributed by atoms with E-state index in [1.165, 1.54) is 17.7 Å². The summed E-state index contributed by atoms with van der Waals surface area (Å²) in [5, 5.41) is 11.3. The molecule has 1 saturated carbocycles. The van der Waals surface area contributed by atoms with Crippen LogP contribution in [0.25, 0.3) is 0 Å². The van der Waals surface area contributed by atoms with Crippen LogP contribution in [0.1, 0.15) is 45.4 Å². The summed E-state index contributed by atoms with van der Waals surface area (Å²) in [5.74, 6) is -1.05. The standard InChI is InChI=1S/C14H24N2O4/c1-2-7-16(10-14(19)20)13(18)9-15-12(17)8-11-5-3-4-6-11/h11H,2-10H2,1H3,(H,15,17)(H,19,20). The van der Waals surface area contributed by atoms with Gasteiger partial charge in [-0.3, -0.25) is 14.4 Å². The number of hydrogen-bond donors (Lipinski definition) is 2. The zero-order chi connectivity index (χ0) is 15.0. The van der Waals surface area contributed by atoms with E-state index in [1.807, 2.05) is 6.92 Å². The third-order valence-corrected chi connectivity index (χ3v) is 3.56. The van der Waals surface area contributed by atoms with Gasteiger partial charge in [-0.15, -0.1) is 0 Å². The zero-order valence-corrected chi connectivity index (χ0v) is 12.1. The van der Waals surface area contributed by atoms with Crippen molar-refractivity contribution in [2.75, 3.05) is 19.6 Å². The van der Waals surface area contributed by atoms with Crippen LogP contribution in [0.5, 0.6) is 0 Å². The predicted octanol–water partition coefficient (Wildman–Crippen LogP) is 1.01. The van der Waals surface area contributed by atoms with Gasteiger partial charge >= 0.3 is 5.97 Å². The molecule has 0 aliphatic heterocycles. The van der Waals surface area contributed by atoms with Crippen LogP contribution in [0.4, 0.5) is 0 Å². The molecular formula is C14H24N2O4. The second-order valence-corrected chi connectivity index (χ2v) is 5.34. The van der Waals surface area contributed by atoms with E-state index >= 15 is 0 Å². The van der Waals surface area contributed by atoms with Gasteiger partial charge in [0.1, 0.15) is 6.54 Å². The molecule has 6 heteroatoms. The Balaban J connectivity index is 2.31. The molecule has 1 fully saturated rings. The number of aliphatic carboxylic acids is 1. The van der Waals surface area contributed by atoms with Gasteiger partial charge < -0.3 is 15.3 Å². The highest BCUT2D eigenvalue weighted by molar-refractivity contribution is 5.86. The van der Waals surface area contributed by atoms with Crippen LogP contribution in [0.2, 0.25) is 0 Å². The quantitative estimate of drug-likeness (QED) is 0.696. The van der Waals surface area contributed by atoms with Gasteiger partial charge in [0.25, 0.3) is 0 Å². The Bertz CT molecular complexity index is 351. The minimum Gasteiger partial charge on any atom is -0.480 e. The molecule has 2 amide bonds. The fraction of sp³-hybridized carbons (Fsp3) is 0.786. The Morgan fingerprint density at radius 2 is 1.90 bits per heavy atom. The average molecular weight is 284 g/mol. The lowest BCUT2D eigenvalue weighted by Crippen LogP contribution is -2.43. The van der Waals surface area contributed by atoms with Gasteiger partial charge in [-0.05, 0) is 25.2 Å². The van der Waals surface area contributed by atoms with Crippen LogP contribution in [-0.2, 0) is 14.4 Å². The van der Waals surface area contributed by atoms with Crippen molar-refractivity contribution in [2.24, 2.45) is 5.92 Å². The molecule has 0 radical (unpaired) electrons. The maximum Gasteiger partial charge on any atom is 0.323 e. The Labute approximate surface area is 119 Å². The summed E-state index contributed by atoms with van der Waals surface area (Å²) < 4.78 is 0. The van der Waals surface area contributed by atoms with Crippen molar-refractivity contribution >= 4 is 17.8 Å². The Morgan fingerprint density at radius 3 is 2.45 bits per heavy atom. The second-order valence-electron chi connectivity index (χ2n) is 5.34. The van der Waals surface area contributed by atoms with E-state index < -0.39 is 5.97 Å². The van der Waals surface area contributed by atoms with E-state index in [0.29, 0.717) is 25.3 Å². The molecule has 0 spiro atoms. The topological polar surface area (TPSA) is 86.7 Å². The highest BCUT2D eigenvalue weighted by Gasteiger charge is 2.20. The minimum absolute atomic E-state index is 0.112. The van der Waals surface area contributed by atoms with Crippen molar-refractivity contribution in [2.45, 2.75) is 45.4 Å². The molecule has 0 aromatic rings. The molecule has 1 aliphatic rings. The van der Waals surface area contributed by atoms with Crippen LogP contribution >= 0.6 is 0 Å². The van der Waals surface area contributed by atoms with Crippen LogP contribution in [0, 0.1) is 5.92 Å². The summed E-state index contributed by atoms with van der Waals surface area (Å²) in [6.45, 7) is 1.84. The molecule has 0 aromatic heterocycles. The maximum absolute atomic E-state index is 11.9. The number of nitrogens with one attached hydrogen (secondary N) is 1. The van der Waals surface area contributed by atoms with E-state index in [0.717, 1.165) is 12.8 Å². The van der Waals surface area contributed by atoms with E-state index in [-0.39, 0.29) is 24.9 Å². The van der Waals surface area contributed by atoms with Crippen molar-refractivity contribution < 1.29 is 19.5 Å². The normalized spacial score (nSPS) is 15.1. The van der Waals surface area contributed by atoms with E-state index in [9.17, 15) is 14.4 Å². The molecule has 0 aromatic carbocycles. The van der Waals surface area contributed by atoms with Crippen molar-refractivity contribution in [3.63, 3.8) is 0 Å². The number of hydrogen-bond acceptors (Lipinski definition) is 3. The smallest absolute Gasteiger partial charge is 0.323 e. The molecule has 0 bridgehead atoms. The molecule has 0 atom stereocenters. The lowest BCUT2D eigenvalue weighted by molar-refractivity contribution is -0.144. The van der Waals surface area contributed by atoms with Crippen molar-refractivity contribution in [3.8, 4) is 0 Å². The van der Waals surface area contributed by atoms with Gasteiger partial charge in [-0.2, -0.15) is 0 Å². The van der Waals surface area contributed by atoms with Crippen molar-refractivity contribution in [1.82, 2.24) is 10.2 Å². The summed E-state index contributed by atoms with van der Waals surface area (Å²) in [6, 6.07) is 0. The highest BCUT2D eigenvalue weighted by atomic mass is 16.4. The molecule has 114 valence electrons. The Morgan fingerprint density at radius 1 is 1.25 bits per heavy atom. The van der Waals surface area contributed by atoms with Crippen molar-refractivity contribution in [1.29, 1.82) is 0 Å². The summed E-state index contributed by atoms with van der Waals surface area (Å²) in [5.41, 5.74) is 0. The third-order valence-electron chi connectivity index (χ3n) is 3.56. The molecule has 0 saturated heterocycles. The predicted molar refractivity (Wildman–Crippen MR) is 74.1 cm³/mol. The minimum atomic E-state index is -1.04. The first kappa shape index (κ1) is 16.5. The van der Waals surface area contributed by atoms with Gasteiger partial charge in [0.05, 0.1) is 6.54 Å². The zero-order valence-electron chi connectivity index (χ0n) is 12.1. The maximum atomic E-state index is 11.9. The Hall–Kier alpha value is -1.59. The average Bonchev–Trinajstić information content (AvgIpc) is 2.87. The molecular weight excluding hydrogens is 260 g/mol. The van der Waals surface area contributed by atoms with Gasteiger partial charge in [-0.25, -0.2) is 0 Å². The second kappa shape index (κ2) is 8.55. The first-order valence-electron chi connectivity index (χ1n) is 7.29. The van der Waals surface area contributed by atoms with Gasteiger partial charge in [-0.1, -0.05) is 19.8 Å². The van der Waals surface area contributed by atoms with Crippen LogP contribution in [-0.4, -0.2) is 47.4 Å². The molecule has 1 rings (SSSR count). The lowest BCUT2D eigenvalue weighted by Gasteiger charge is -2.20. The third kappa shape index (κ3) is 6.04. The number of carbonyl (C=O) groups excluding carboxylic acids is 2. The summed E-state index contributed by atoms with van der Waals surface area (Å²) >= 11 is 0. The first-order chi connectivity index (χ1) is 9.52.